The van der Waals surface area contributed by atoms with Crippen LogP contribution in [0.4, 0.5) is 0 Å². The summed E-state index contributed by atoms with van der Waals surface area (Å²) in [6.07, 6.45) is 6.16. The second kappa shape index (κ2) is 6.87. The van der Waals surface area contributed by atoms with Crippen LogP contribution in [0, 0.1) is 5.41 Å². The highest BCUT2D eigenvalue weighted by Gasteiger charge is 2.28. The molecule has 1 N–H and O–H groups in total. The molecular weight excluding hydrogens is 216 g/mol. The first-order chi connectivity index (χ1) is 7.57. The van der Waals surface area contributed by atoms with Crippen LogP contribution in [0.5, 0.6) is 0 Å². The molecule has 0 saturated carbocycles. The molecule has 1 rings (SSSR count). The smallest absolute Gasteiger partial charge is 0.00719 e. The Morgan fingerprint density at radius 2 is 2.00 bits per heavy atom. The van der Waals surface area contributed by atoms with E-state index >= 15 is 0 Å². The monoisotopic (exact) mass is 244 g/mol. The molecule has 1 saturated heterocycles. The average molecular weight is 244 g/mol. The molecule has 1 aliphatic heterocycles. The molecule has 0 aromatic heterocycles. The highest BCUT2D eigenvalue weighted by atomic mass is 32.2. The van der Waals surface area contributed by atoms with Crippen LogP contribution in [0.25, 0.3) is 0 Å². The van der Waals surface area contributed by atoms with Gasteiger partial charge in [-0.2, -0.15) is 11.8 Å². The van der Waals surface area contributed by atoms with Gasteiger partial charge < -0.3 is 10.2 Å². The zero-order valence-electron chi connectivity index (χ0n) is 11.4. The summed E-state index contributed by atoms with van der Waals surface area (Å²) in [7, 11) is 2.29. The van der Waals surface area contributed by atoms with Crippen LogP contribution in [0.1, 0.15) is 33.1 Å². The quantitative estimate of drug-likeness (QED) is 0.772. The van der Waals surface area contributed by atoms with Crippen molar-refractivity contribution in [2.75, 3.05) is 38.7 Å². The van der Waals surface area contributed by atoms with Crippen molar-refractivity contribution in [2.45, 2.75) is 39.2 Å². The third kappa shape index (κ3) is 4.64. The lowest BCUT2D eigenvalue weighted by atomic mass is 9.80. The van der Waals surface area contributed by atoms with Crippen molar-refractivity contribution in [3.8, 4) is 0 Å². The average Bonchev–Trinajstić information content (AvgIpc) is 2.26. The van der Waals surface area contributed by atoms with E-state index in [4.69, 9.17) is 0 Å². The van der Waals surface area contributed by atoms with E-state index in [1.807, 2.05) is 11.8 Å². The van der Waals surface area contributed by atoms with Crippen molar-refractivity contribution in [3.63, 3.8) is 0 Å². The fourth-order valence-electron chi connectivity index (χ4n) is 2.46. The number of rotatable bonds is 6. The minimum absolute atomic E-state index is 0.535. The van der Waals surface area contributed by atoms with Crippen LogP contribution >= 0.6 is 11.8 Å². The Morgan fingerprint density at radius 3 is 2.56 bits per heavy atom. The first-order valence-electron chi connectivity index (χ1n) is 6.47. The number of hydrogen-bond acceptors (Lipinski definition) is 3. The minimum Gasteiger partial charge on any atom is -0.317 e. The van der Waals surface area contributed by atoms with E-state index in [1.54, 1.807) is 0 Å². The van der Waals surface area contributed by atoms with Gasteiger partial charge in [0.1, 0.15) is 0 Å². The molecule has 16 heavy (non-hydrogen) atoms. The maximum absolute atomic E-state index is 3.45. The van der Waals surface area contributed by atoms with Gasteiger partial charge >= 0.3 is 0 Å². The molecule has 96 valence electrons. The van der Waals surface area contributed by atoms with Crippen molar-refractivity contribution < 1.29 is 0 Å². The Kier molecular flexibility index (Phi) is 6.16. The van der Waals surface area contributed by atoms with Crippen LogP contribution < -0.4 is 5.32 Å². The zero-order valence-corrected chi connectivity index (χ0v) is 12.2. The zero-order chi connectivity index (χ0) is 12.0. The first kappa shape index (κ1) is 14.3. The van der Waals surface area contributed by atoms with Gasteiger partial charge in [0.15, 0.2) is 0 Å². The molecule has 0 aromatic carbocycles. The topological polar surface area (TPSA) is 15.3 Å². The van der Waals surface area contributed by atoms with Gasteiger partial charge in [-0.15, -0.1) is 0 Å². The molecule has 1 heterocycles. The number of piperidine rings is 1. The molecule has 0 bridgehead atoms. The summed E-state index contributed by atoms with van der Waals surface area (Å²) in [5.74, 6) is 1.28. The molecule has 0 amide bonds. The number of thioether (sulfide) groups is 1. The van der Waals surface area contributed by atoms with Crippen molar-refractivity contribution in [1.29, 1.82) is 0 Å². The van der Waals surface area contributed by atoms with Gasteiger partial charge in [-0.3, -0.25) is 0 Å². The number of nitrogens with one attached hydrogen (secondary N) is 1. The number of nitrogens with zero attached hydrogens (tertiary/aromatic N) is 1. The SMILES string of the molecule is CSCCC(C)N(C)CC1(C)CCNCC1. The van der Waals surface area contributed by atoms with Crippen molar-refractivity contribution in [2.24, 2.45) is 5.41 Å². The van der Waals surface area contributed by atoms with E-state index in [9.17, 15) is 0 Å². The Balaban J connectivity index is 2.33. The largest absolute Gasteiger partial charge is 0.317 e. The Labute approximate surface area is 106 Å². The lowest BCUT2D eigenvalue weighted by Gasteiger charge is -2.39. The second-order valence-electron chi connectivity index (χ2n) is 5.61. The van der Waals surface area contributed by atoms with Crippen LogP contribution in [-0.4, -0.2) is 49.6 Å². The summed E-state index contributed by atoms with van der Waals surface area (Å²) in [6, 6.07) is 0.721. The lowest BCUT2D eigenvalue weighted by molar-refractivity contribution is 0.121. The lowest BCUT2D eigenvalue weighted by Crippen LogP contribution is -2.44. The number of hydrogen-bond donors (Lipinski definition) is 1. The predicted octanol–water partition coefficient (Wildman–Crippen LogP) is 2.45. The molecule has 0 aliphatic carbocycles. The molecule has 1 aliphatic rings. The van der Waals surface area contributed by atoms with E-state index in [0.717, 1.165) is 6.04 Å². The standard InChI is InChI=1S/C13H28N2S/c1-12(5-10-16-4)15(3)11-13(2)6-8-14-9-7-13/h12,14H,5-11H2,1-4H3. The van der Waals surface area contributed by atoms with Crippen LogP contribution in [0.2, 0.25) is 0 Å². The Morgan fingerprint density at radius 1 is 1.38 bits per heavy atom. The molecular formula is C13H28N2S. The van der Waals surface area contributed by atoms with Gasteiger partial charge in [-0.25, -0.2) is 0 Å². The highest BCUT2D eigenvalue weighted by molar-refractivity contribution is 7.98. The van der Waals surface area contributed by atoms with E-state index in [2.05, 4.69) is 37.4 Å². The van der Waals surface area contributed by atoms with E-state index < -0.39 is 0 Å². The molecule has 0 radical (unpaired) electrons. The summed E-state index contributed by atoms with van der Waals surface area (Å²) in [6.45, 7) is 8.46. The summed E-state index contributed by atoms with van der Waals surface area (Å²) in [5, 5.41) is 3.45. The normalized spacial score (nSPS) is 22.3. The third-order valence-electron chi connectivity index (χ3n) is 3.93. The molecule has 1 atom stereocenters. The molecule has 1 unspecified atom stereocenters. The van der Waals surface area contributed by atoms with Crippen LogP contribution in [0.3, 0.4) is 0 Å². The Hall–Kier alpha value is 0.270. The highest BCUT2D eigenvalue weighted by Crippen LogP contribution is 2.29. The van der Waals surface area contributed by atoms with Crippen molar-refractivity contribution in [3.05, 3.63) is 0 Å². The van der Waals surface area contributed by atoms with Gasteiger partial charge in [0.2, 0.25) is 0 Å². The molecule has 1 fully saturated rings. The maximum Gasteiger partial charge on any atom is 0.00719 e. The van der Waals surface area contributed by atoms with Gasteiger partial charge in [0.05, 0.1) is 0 Å². The molecule has 2 nitrogen and oxygen atoms in total. The second-order valence-corrected chi connectivity index (χ2v) is 6.59. The van der Waals surface area contributed by atoms with Crippen LogP contribution in [-0.2, 0) is 0 Å². The van der Waals surface area contributed by atoms with E-state index in [-0.39, 0.29) is 0 Å². The fourth-order valence-corrected chi connectivity index (χ4v) is 3.03. The van der Waals surface area contributed by atoms with Gasteiger partial charge in [0.25, 0.3) is 0 Å². The molecule has 0 aromatic rings. The fraction of sp³-hybridized carbons (Fsp3) is 1.00. The molecule has 0 spiro atoms. The van der Waals surface area contributed by atoms with Crippen LogP contribution in [0.15, 0.2) is 0 Å². The van der Waals surface area contributed by atoms with E-state index in [0.29, 0.717) is 5.41 Å². The summed E-state index contributed by atoms with van der Waals surface area (Å²) >= 11 is 1.96. The van der Waals surface area contributed by atoms with E-state index in [1.165, 1.54) is 44.6 Å². The van der Waals surface area contributed by atoms with Crippen molar-refractivity contribution >= 4 is 11.8 Å². The van der Waals surface area contributed by atoms with Gasteiger partial charge in [-0.1, -0.05) is 6.92 Å². The third-order valence-corrected chi connectivity index (χ3v) is 4.58. The van der Waals surface area contributed by atoms with Crippen molar-refractivity contribution in [1.82, 2.24) is 10.2 Å². The summed E-state index contributed by atoms with van der Waals surface area (Å²) in [5.41, 5.74) is 0.535. The predicted molar refractivity (Wildman–Crippen MR) is 75.3 cm³/mol. The van der Waals surface area contributed by atoms with Gasteiger partial charge in [-0.05, 0) is 63.7 Å². The maximum atomic E-state index is 3.45. The summed E-state index contributed by atoms with van der Waals surface area (Å²) < 4.78 is 0. The summed E-state index contributed by atoms with van der Waals surface area (Å²) in [4.78, 5) is 2.56. The Bertz CT molecular complexity index is 190. The van der Waals surface area contributed by atoms with Gasteiger partial charge in [0, 0.05) is 12.6 Å². The first-order valence-corrected chi connectivity index (χ1v) is 7.87. The minimum atomic E-state index is 0.535. The molecule has 3 heteroatoms.